The van der Waals surface area contributed by atoms with Crippen molar-refractivity contribution in [2.45, 2.75) is 12.2 Å². The smallest absolute Gasteiger partial charge is 0.0671 e. The molecule has 1 aromatic rings. The number of hydrogen-bond donors (Lipinski definition) is 0. The molecule has 0 unspecified atom stereocenters. The van der Waals surface area contributed by atoms with Crippen LogP contribution < -0.4 is 10.4 Å². The molecular formula is C8H9Si2. The monoisotopic (exact) mass is 161 g/mol. The van der Waals surface area contributed by atoms with E-state index >= 15 is 0 Å². The highest BCUT2D eigenvalue weighted by atomic mass is 28.3. The summed E-state index contributed by atoms with van der Waals surface area (Å²) in [7, 11) is 1.00. The Morgan fingerprint density at radius 3 is 3.00 bits per heavy atom. The predicted octanol–water partition coefficient (Wildman–Crippen LogP) is 0.319. The number of hydrogen-bond acceptors (Lipinski definition) is 0. The number of benzene rings is 1. The van der Waals surface area contributed by atoms with E-state index in [9.17, 15) is 0 Å². The minimum atomic E-state index is -0.102. The van der Waals surface area contributed by atoms with Crippen molar-refractivity contribution in [1.82, 2.24) is 0 Å². The fourth-order valence-electron chi connectivity index (χ4n) is 1.33. The minimum absolute atomic E-state index is 0.102. The Kier molecular flexibility index (Phi) is 1.50. The molecule has 0 bridgehead atoms. The van der Waals surface area contributed by atoms with E-state index in [2.05, 4.69) is 30.8 Å². The van der Waals surface area contributed by atoms with Gasteiger partial charge in [0.2, 0.25) is 0 Å². The zero-order valence-corrected chi connectivity index (χ0v) is 8.02. The van der Waals surface area contributed by atoms with Gasteiger partial charge in [-0.1, -0.05) is 46.9 Å². The summed E-state index contributed by atoms with van der Waals surface area (Å²) in [6.45, 7) is 2.42. The van der Waals surface area contributed by atoms with Gasteiger partial charge in [0, 0.05) is 0 Å². The van der Waals surface area contributed by atoms with Gasteiger partial charge in [0.15, 0.2) is 0 Å². The molecule has 0 atom stereocenters. The fourth-order valence-corrected chi connectivity index (χ4v) is 6.23. The van der Waals surface area contributed by atoms with Gasteiger partial charge in [-0.05, 0) is 0 Å². The molecule has 2 heteroatoms. The van der Waals surface area contributed by atoms with Crippen molar-refractivity contribution in [2.75, 3.05) is 0 Å². The van der Waals surface area contributed by atoms with Gasteiger partial charge in [-0.3, -0.25) is 0 Å². The van der Waals surface area contributed by atoms with Crippen molar-refractivity contribution >= 4 is 28.7 Å². The SMILES string of the molecule is C[Si]1C[Si]c2ccccc21. The van der Waals surface area contributed by atoms with Crippen LogP contribution in [-0.4, -0.2) is 18.3 Å². The second-order valence-corrected chi connectivity index (χ2v) is 7.09. The van der Waals surface area contributed by atoms with Crippen LogP contribution in [0.2, 0.25) is 12.2 Å². The maximum atomic E-state index is 2.42. The first-order valence-electron chi connectivity index (χ1n) is 3.53. The van der Waals surface area contributed by atoms with Gasteiger partial charge in [-0.15, -0.1) is 0 Å². The Balaban J connectivity index is 2.51. The lowest BCUT2D eigenvalue weighted by molar-refractivity contribution is 1.81. The summed E-state index contributed by atoms with van der Waals surface area (Å²) in [5.41, 5.74) is 1.48. The van der Waals surface area contributed by atoms with Crippen molar-refractivity contribution in [3.63, 3.8) is 0 Å². The third kappa shape index (κ3) is 0.877. The minimum Gasteiger partial charge on any atom is -0.0671 e. The number of fused-ring (bicyclic) bond motifs is 1. The lowest BCUT2D eigenvalue weighted by Gasteiger charge is -1.99. The summed E-state index contributed by atoms with van der Waals surface area (Å²) >= 11 is 0. The average Bonchev–Trinajstić information content (AvgIpc) is 2.34. The van der Waals surface area contributed by atoms with Crippen molar-refractivity contribution in [3.8, 4) is 0 Å². The molecule has 49 valence electrons. The molecule has 1 heterocycles. The van der Waals surface area contributed by atoms with Crippen LogP contribution in [0.5, 0.6) is 0 Å². The van der Waals surface area contributed by atoms with Crippen LogP contribution in [0.25, 0.3) is 0 Å². The Labute approximate surface area is 65.7 Å². The molecule has 0 nitrogen and oxygen atoms in total. The molecule has 0 saturated heterocycles. The molecule has 0 aromatic heterocycles. The maximum absolute atomic E-state index is 2.42. The molecule has 0 N–H and O–H groups in total. The molecule has 2 rings (SSSR count). The van der Waals surface area contributed by atoms with E-state index in [4.69, 9.17) is 0 Å². The van der Waals surface area contributed by atoms with Crippen molar-refractivity contribution in [1.29, 1.82) is 0 Å². The van der Waals surface area contributed by atoms with Crippen LogP contribution in [0, 0.1) is 0 Å². The Hall–Kier alpha value is -0.346. The summed E-state index contributed by atoms with van der Waals surface area (Å²) in [6, 6.07) is 8.92. The van der Waals surface area contributed by atoms with E-state index < -0.39 is 0 Å². The highest BCUT2D eigenvalue weighted by molar-refractivity contribution is 6.91. The van der Waals surface area contributed by atoms with Crippen molar-refractivity contribution in [3.05, 3.63) is 24.3 Å². The quantitative estimate of drug-likeness (QED) is 0.481. The molecule has 0 spiro atoms. The van der Waals surface area contributed by atoms with E-state index in [-0.39, 0.29) is 8.80 Å². The largest absolute Gasteiger partial charge is 0.0793 e. The van der Waals surface area contributed by atoms with Crippen LogP contribution >= 0.6 is 0 Å². The lowest BCUT2D eigenvalue weighted by Crippen LogP contribution is -2.30. The zero-order chi connectivity index (χ0) is 6.97. The van der Waals surface area contributed by atoms with E-state index in [1.807, 2.05) is 0 Å². The fraction of sp³-hybridized carbons (Fsp3) is 0.250. The molecule has 0 aliphatic carbocycles. The topological polar surface area (TPSA) is 0 Å². The van der Waals surface area contributed by atoms with E-state index in [1.54, 1.807) is 10.4 Å². The van der Waals surface area contributed by atoms with Gasteiger partial charge in [0.05, 0.1) is 18.3 Å². The Morgan fingerprint density at radius 2 is 2.20 bits per heavy atom. The summed E-state index contributed by atoms with van der Waals surface area (Å²) < 4.78 is 0. The zero-order valence-electron chi connectivity index (χ0n) is 6.02. The van der Waals surface area contributed by atoms with Gasteiger partial charge >= 0.3 is 0 Å². The van der Waals surface area contributed by atoms with Crippen LogP contribution in [0.15, 0.2) is 24.3 Å². The van der Waals surface area contributed by atoms with E-state index in [0.717, 1.165) is 9.52 Å². The molecule has 1 aliphatic heterocycles. The maximum Gasteiger partial charge on any atom is 0.0793 e. The molecule has 0 fully saturated rings. The van der Waals surface area contributed by atoms with Crippen LogP contribution in [-0.2, 0) is 0 Å². The predicted molar refractivity (Wildman–Crippen MR) is 47.9 cm³/mol. The Morgan fingerprint density at radius 1 is 1.40 bits per heavy atom. The summed E-state index contributed by atoms with van der Waals surface area (Å²) in [6.07, 6.45) is 0. The third-order valence-electron chi connectivity index (χ3n) is 1.93. The first-order chi connectivity index (χ1) is 4.88. The molecule has 1 aliphatic rings. The summed E-state index contributed by atoms with van der Waals surface area (Å²) in [5.74, 6) is 0. The van der Waals surface area contributed by atoms with Crippen molar-refractivity contribution < 1.29 is 0 Å². The highest BCUT2D eigenvalue weighted by Crippen LogP contribution is 1.98. The Bertz CT molecular complexity index is 245. The van der Waals surface area contributed by atoms with E-state index in [1.165, 1.54) is 5.67 Å². The van der Waals surface area contributed by atoms with Gasteiger partial charge in [-0.2, -0.15) is 0 Å². The van der Waals surface area contributed by atoms with Crippen LogP contribution in [0.4, 0.5) is 0 Å². The average molecular weight is 161 g/mol. The molecular weight excluding hydrogens is 152 g/mol. The first-order valence-corrected chi connectivity index (χ1v) is 6.95. The van der Waals surface area contributed by atoms with E-state index in [0.29, 0.717) is 0 Å². The molecule has 3 radical (unpaired) electrons. The van der Waals surface area contributed by atoms with Gasteiger partial charge < -0.3 is 0 Å². The normalized spacial score (nSPS) is 17.3. The van der Waals surface area contributed by atoms with Gasteiger partial charge in [-0.25, -0.2) is 0 Å². The number of rotatable bonds is 0. The second kappa shape index (κ2) is 2.36. The standard InChI is InChI=1S/C8H9Si2/c1-10-6-9-7-4-2-3-5-8(7)10/h2-5H,6H2,1H3. The summed E-state index contributed by atoms with van der Waals surface area (Å²) in [4.78, 5) is 0. The first kappa shape index (κ1) is 6.37. The molecule has 10 heavy (non-hydrogen) atoms. The van der Waals surface area contributed by atoms with Crippen molar-refractivity contribution in [2.24, 2.45) is 0 Å². The lowest BCUT2D eigenvalue weighted by atomic mass is 10.4. The van der Waals surface area contributed by atoms with Gasteiger partial charge in [0.25, 0.3) is 0 Å². The van der Waals surface area contributed by atoms with Crippen LogP contribution in [0.1, 0.15) is 0 Å². The highest BCUT2D eigenvalue weighted by Gasteiger charge is 2.18. The van der Waals surface area contributed by atoms with Gasteiger partial charge in [0.1, 0.15) is 0 Å². The second-order valence-electron chi connectivity index (χ2n) is 2.68. The summed E-state index contributed by atoms with van der Waals surface area (Å²) in [5, 5.41) is 3.32. The third-order valence-corrected chi connectivity index (χ3v) is 7.18. The molecule has 1 aromatic carbocycles. The molecule has 0 amide bonds. The molecule has 0 saturated carbocycles. The van der Waals surface area contributed by atoms with Crippen LogP contribution in [0.3, 0.4) is 0 Å².